The number of anilines is 3. The highest BCUT2D eigenvalue weighted by Crippen LogP contribution is 2.37. The number of fused-ring (bicyclic) bond motifs is 1. The van der Waals surface area contributed by atoms with E-state index in [0.29, 0.717) is 23.6 Å². The van der Waals surface area contributed by atoms with Crippen LogP contribution in [-0.2, 0) is 9.59 Å². The number of para-hydroxylation sites is 1. The van der Waals surface area contributed by atoms with Crippen molar-refractivity contribution in [1.29, 1.82) is 0 Å². The van der Waals surface area contributed by atoms with Crippen LogP contribution in [0, 0.1) is 5.92 Å². The van der Waals surface area contributed by atoms with Crippen molar-refractivity contribution in [3.8, 4) is 0 Å². The number of nitrogens with one attached hydrogen (secondary N) is 1. The van der Waals surface area contributed by atoms with Crippen molar-refractivity contribution in [1.82, 2.24) is 0 Å². The SMILES string of the molecule is CCCCN=CC1C(=O)Nc2ccc(Br)cc2N(c2ccccc2)C1=O. The third-order valence-corrected chi connectivity index (χ3v) is 4.63. The van der Waals surface area contributed by atoms with Crippen LogP contribution in [0.3, 0.4) is 0 Å². The van der Waals surface area contributed by atoms with Gasteiger partial charge < -0.3 is 5.32 Å². The lowest BCUT2D eigenvalue weighted by molar-refractivity contribution is -0.127. The fraction of sp³-hybridized carbons (Fsp3) is 0.250. The molecule has 0 fully saturated rings. The molecule has 26 heavy (non-hydrogen) atoms. The highest BCUT2D eigenvalue weighted by Gasteiger charge is 2.36. The number of halogens is 1. The Balaban J connectivity index is 2.06. The minimum atomic E-state index is -0.960. The maximum Gasteiger partial charge on any atom is 0.249 e. The molecule has 6 heteroatoms. The lowest BCUT2D eigenvalue weighted by Gasteiger charge is -2.24. The largest absolute Gasteiger partial charge is 0.323 e. The van der Waals surface area contributed by atoms with E-state index in [4.69, 9.17) is 0 Å². The molecule has 2 amide bonds. The van der Waals surface area contributed by atoms with Gasteiger partial charge >= 0.3 is 0 Å². The van der Waals surface area contributed by atoms with E-state index in [-0.39, 0.29) is 11.8 Å². The van der Waals surface area contributed by atoms with E-state index < -0.39 is 5.92 Å². The molecule has 0 aliphatic carbocycles. The van der Waals surface area contributed by atoms with Gasteiger partial charge in [-0.3, -0.25) is 19.5 Å². The van der Waals surface area contributed by atoms with Crippen LogP contribution in [0.15, 0.2) is 58.0 Å². The summed E-state index contributed by atoms with van der Waals surface area (Å²) in [4.78, 5) is 31.8. The third kappa shape index (κ3) is 3.85. The summed E-state index contributed by atoms with van der Waals surface area (Å²) in [7, 11) is 0. The average Bonchev–Trinajstić information content (AvgIpc) is 2.74. The standard InChI is InChI=1S/C20H20BrN3O2/c1-2-3-11-22-13-16-19(25)23-17-10-9-14(21)12-18(17)24(20(16)26)15-7-5-4-6-8-15/h4-10,12-13,16H,2-3,11H2,1H3,(H,23,25). The first-order valence-corrected chi connectivity index (χ1v) is 9.40. The molecule has 2 aromatic rings. The summed E-state index contributed by atoms with van der Waals surface area (Å²) in [6.07, 6.45) is 3.41. The van der Waals surface area contributed by atoms with Crippen LogP contribution in [0.2, 0.25) is 0 Å². The number of hydrogen-bond acceptors (Lipinski definition) is 3. The lowest BCUT2D eigenvalue weighted by atomic mass is 10.1. The number of aliphatic imine (C=N–C) groups is 1. The van der Waals surface area contributed by atoms with Gasteiger partial charge in [-0.05, 0) is 36.8 Å². The minimum Gasteiger partial charge on any atom is -0.323 e. The van der Waals surface area contributed by atoms with Crippen molar-refractivity contribution in [3.05, 3.63) is 53.0 Å². The molecule has 1 N–H and O–H groups in total. The van der Waals surface area contributed by atoms with Crippen LogP contribution in [0.5, 0.6) is 0 Å². The molecule has 1 heterocycles. The van der Waals surface area contributed by atoms with E-state index in [9.17, 15) is 9.59 Å². The molecule has 1 aliphatic heterocycles. The molecule has 0 radical (unpaired) electrons. The number of nitrogens with zero attached hydrogens (tertiary/aromatic N) is 2. The quantitative estimate of drug-likeness (QED) is 0.443. The van der Waals surface area contributed by atoms with Crippen molar-refractivity contribution in [2.45, 2.75) is 19.8 Å². The van der Waals surface area contributed by atoms with E-state index >= 15 is 0 Å². The number of hydrogen-bond donors (Lipinski definition) is 1. The maximum atomic E-state index is 13.3. The summed E-state index contributed by atoms with van der Waals surface area (Å²) >= 11 is 3.45. The van der Waals surface area contributed by atoms with Gasteiger partial charge in [0, 0.05) is 22.9 Å². The molecule has 2 aromatic carbocycles. The molecule has 0 bridgehead atoms. The molecule has 1 atom stereocenters. The molecule has 134 valence electrons. The Bertz CT molecular complexity index is 836. The Kier molecular flexibility index (Phi) is 5.83. The molecule has 0 saturated carbocycles. The van der Waals surface area contributed by atoms with Crippen LogP contribution in [-0.4, -0.2) is 24.6 Å². The first-order chi connectivity index (χ1) is 12.6. The molecule has 5 nitrogen and oxygen atoms in total. The highest BCUT2D eigenvalue weighted by atomic mass is 79.9. The molecular formula is C20H20BrN3O2. The predicted molar refractivity (Wildman–Crippen MR) is 108 cm³/mol. The van der Waals surface area contributed by atoms with Crippen molar-refractivity contribution >= 4 is 51.0 Å². The van der Waals surface area contributed by atoms with Gasteiger partial charge in [-0.2, -0.15) is 0 Å². The minimum absolute atomic E-state index is 0.314. The Morgan fingerprint density at radius 1 is 1.19 bits per heavy atom. The summed E-state index contributed by atoms with van der Waals surface area (Å²) in [5.41, 5.74) is 1.94. The van der Waals surface area contributed by atoms with Gasteiger partial charge in [0.15, 0.2) is 5.92 Å². The second-order valence-corrected chi connectivity index (χ2v) is 6.96. The highest BCUT2D eigenvalue weighted by molar-refractivity contribution is 9.10. The summed E-state index contributed by atoms with van der Waals surface area (Å²) in [5.74, 6) is -1.64. The summed E-state index contributed by atoms with van der Waals surface area (Å²) in [6, 6.07) is 14.8. The van der Waals surface area contributed by atoms with E-state index in [0.717, 1.165) is 17.3 Å². The molecule has 1 aliphatic rings. The zero-order valence-corrected chi connectivity index (χ0v) is 16.1. The van der Waals surface area contributed by atoms with E-state index in [1.807, 2.05) is 42.5 Å². The molecule has 1 unspecified atom stereocenters. The Morgan fingerprint density at radius 3 is 2.69 bits per heavy atom. The first kappa shape index (κ1) is 18.3. The van der Waals surface area contributed by atoms with Gasteiger partial charge in [0.2, 0.25) is 11.8 Å². The third-order valence-electron chi connectivity index (χ3n) is 4.14. The normalized spacial score (nSPS) is 17.2. The topological polar surface area (TPSA) is 61.8 Å². The molecule has 3 rings (SSSR count). The number of benzene rings is 2. The van der Waals surface area contributed by atoms with Crippen LogP contribution in [0.1, 0.15) is 19.8 Å². The molecule has 0 saturated heterocycles. The van der Waals surface area contributed by atoms with Crippen molar-refractivity contribution in [2.24, 2.45) is 10.9 Å². The predicted octanol–water partition coefficient (Wildman–Crippen LogP) is 4.55. The summed E-state index contributed by atoms with van der Waals surface area (Å²) in [6.45, 7) is 2.68. The average molecular weight is 414 g/mol. The maximum absolute atomic E-state index is 13.3. The number of carbonyl (C=O) groups excluding carboxylic acids is 2. The van der Waals surface area contributed by atoms with E-state index in [1.54, 1.807) is 11.0 Å². The van der Waals surface area contributed by atoms with Crippen LogP contribution >= 0.6 is 15.9 Å². The Hall–Kier alpha value is -2.47. The monoisotopic (exact) mass is 413 g/mol. The number of unbranched alkanes of at least 4 members (excludes halogenated alkanes) is 1. The van der Waals surface area contributed by atoms with Gasteiger partial charge in [0.1, 0.15) is 0 Å². The van der Waals surface area contributed by atoms with Gasteiger partial charge in [-0.1, -0.05) is 47.5 Å². The number of amides is 2. The van der Waals surface area contributed by atoms with Crippen molar-refractivity contribution < 1.29 is 9.59 Å². The summed E-state index contributed by atoms with van der Waals surface area (Å²) < 4.78 is 0.828. The van der Waals surface area contributed by atoms with E-state index in [2.05, 4.69) is 33.2 Å². The van der Waals surface area contributed by atoms with Gasteiger partial charge in [0.25, 0.3) is 0 Å². The van der Waals surface area contributed by atoms with Gasteiger partial charge in [-0.25, -0.2) is 0 Å². The zero-order valence-electron chi connectivity index (χ0n) is 14.5. The smallest absolute Gasteiger partial charge is 0.249 e. The first-order valence-electron chi connectivity index (χ1n) is 8.61. The van der Waals surface area contributed by atoms with Crippen LogP contribution in [0.4, 0.5) is 17.1 Å². The van der Waals surface area contributed by atoms with Gasteiger partial charge in [0.05, 0.1) is 11.4 Å². The summed E-state index contributed by atoms with van der Waals surface area (Å²) in [5, 5.41) is 2.86. The van der Waals surface area contributed by atoms with Gasteiger partial charge in [-0.15, -0.1) is 0 Å². The second-order valence-electron chi connectivity index (χ2n) is 6.05. The number of carbonyl (C=O) groups is 2. The van der Waals surface area contributed by atoms with Crippen LogP contribution in [0.25, 0.3) is 0 Å². The molecular weight excluding hydrogens is 394 g/mol. The fourth-order valence-corrected chi connectivity index (χ4v) is 3.13. The fourth-order valence-electron chi connectivity index (χ4n) is 2.78. The van der Waals surface area contributed by atoms with Crippen molar-refractivity contribution in [3.63, 3.8) is 0 Å². The Morgan fingerprint density at radius 2 is 1.96 bits per heavy atom. The Labute approximate surface area is 161 Å². The van der Waals surface area contributed by atoms with Crippen LogP contribution < -0.4 is 10.2 Å². The molecule has 0 spiro atoms. The second kappa shape index (κ2) is 8.27. The lowest BCUT2D eigenvalue weighted by Crippen LogP contribution is -2.37. The molecule has 0 aromatic heterocycles. The number of rotatable bonds is 5. The van der Waals surface area contributed by atoms with E-state index in [1.165, 1.54) is 6.21 Å². The zero-order chi connectivity index (χ0) is 18.5. The van der Waals surface area contributed by atoms with Crippen molar-refractivity contribution in [2.75, 3.05) is 16.8 Å².